The van der Waals surface area contributed by atoms with Crippen LogP contribution in [0, 0.1) is 0 Å². The second kappa shape index (κ2) is 7.23. The van der Waals surface area contributed by atoms with E-state index < -0.39 is 18.5 Å². The molecule has 3 aromatic rings. The lowest BCUT2D eigenvalue weighted by Crippen LogP contribution is -2.20. The van der Waals surface area contributed by atoms with Gasteiger partial charge in [-0.25, -0.2) is 9.78 Å². The highest BCUT2D eigenvalue weighted by Crippen LogP contribution is 2.27. The molecule has 8 heteroatoms. The molecule has 1 N–H and O–H groups in total. The molecule has 128 valence electrons. The first-order chi connectivity index (χ1) is 12.1. The molecule has 1 aromatic heterocycles. The Hall–Kier alpha value is -3.06. The second-order valence-electron chi connectivity index (χ2n) is 5.01. The van der Waals surface area contributed by atoms with Crippen molar-refractivity contribution in [3.05, 3.63) is 53.4 Å². The number of esters is 1. The van der Waals surface area contributed by atoms with Gasteiger partial charge in [-0.1, -0.05) is 11.6 Å². The number of ether oxygens (including phenoxy) is 2. The number of carbonyl (C=O) groups is 2. The predicted octanol–water partition coefficient (Wildman–Crippen LogP) is 3.29. The Morgan fingerprint density at radius 3 is 2.84 bits per heavy atom. The van der Waals surface area contributed by atoms with Crippen LogP contribution in [-0.2, 0) is 9.53 Å². The lowest BCUT2D eigenvalue weighted by Gasteiger charge is -2.08. The number of carbonyl (C=O) groups excluding carboxylic acids is 2. The smallest absolute Gasteiger partial charge is 0.338 e. The highest BCUT2D eigenvalue weighted by molar-refractivity contribution is 6.32. The third kappa shape index (κ3) is 3.89. The SMILES string of the molecule is COc1ccc(NC(=O)COC(=O)c2ccc3ocnc3c2)cc1Cl. The Bertz CT molecular complexity index is 938. The van der Waals surface area contributed by atoms with Crippen molar-refractivity contribution in [1.82, 2.24) is 4.98 Å². The fraction of sp³-hybridized carbons (Fsp3) is 0.118. The van der Waals surface area contributed by atoms with Crippen molar-refractivity contribution < 1.29 is 23.5 Å². The lowest BCUT2D eigenvalue weighted by molar-refractivity contribution is -0.119. The van der Waals surface area contributed by atoms with E-state index in [0.29, 0.717) is 27.6 Å². The maximum Gasteiger partial charge on any atom is 0.338 e. The van der Waals surface area contributed by atoms with Crippen LogP contribution in [0.3, 0.4) is 0 Å². The minimum absolute atomic E-state index is 0.279. The number of nitrogens with zero attached hydrogens (tertiary/aromatic N) is 1. The number of amides is 1. The summed E-state index contributed by atoms with van der Waals surface area (Å²) in [5.74, 6) is -0.626. The van der Waals surface area contributed by atoms with E-state index in [0.717, 1.165) is 0 Å². The molecular weight excluding hydrogens is 348 g/mol. The number of anilines is 1. The van der Waals surface area contributed by atoms with Gasteiger partial charge in [0.15, 0.2) is 18.6 Å². The molecule has 0 aliphatic carbocycles. The summed E-state index contributed by atoms with van der Waals surface area (Å²) in [4.78, 5) is 27.9. The number of nitrogens with one attached hydrogen (secondary N) is 1. The van der Waals surface area contributed by atoms with Crippen LogP contribution >= 0.6 is 11.6 Å². The molecule has 0 aliphatic rings. The van der Waals surface area contributed by atoms with E-state index in [1.807, 2.05) is 0 Å². The molecule has 0 radical (unpaired) electrons. The zero-order valence-corrected chi connectivity index (χ0v) is 13.9. The van der Waals surface area contributed by atoms with E-state index in [2.05, 4.69) is 10.3 Å². The Kier molecular flexibility index (Phi) is 4.85. The molecule has 0 aliphatic heterocycles. The summed E-state index contributed by atoms with van der Waals surface area (Å²) < 4.78 is 15.1. The fourth-order valence-corrected chi connectivity index (χ4v) is 2.40. The largest absolute Gasteiger partial charge is 0.495 e. The number of halogens is 1. The van der Waals surface area contributed by atoms with Crippen molar-refractivity contribution in [1.29, 1.82) is 0 Å². The predicted molar refractivity (Wildman–Crippen MR) is 90.9 cm³/mol. The van der Waals surface area contributed by atoms with Gasteiger partial charge in [0.2, 0.25) is 0 Å². The van der Waals surface area contributed by atoms with Crippen molar-refractivity contribution >= 4 is 40.3 Å². The van der Waals surface area contributed by atoms with E-state index in [1.54, 1.807) is 24.3 Å². The van der Waals surface area contributed by atoms with Crippen LogP contribution in [0.15, 0.2) is 47.2 Å². The van der Waals surface area contributed by atoms with Gasteiger partial charge in [0.25, 0.3) is 5.91 Å². The minimum Gasteiger partial charge on any atom is -0.495 e. The number of hydrogen-bond donors (Lipinski definition) is 1. The molecule has 1 heterocycles. The number of aromatic nitrogens is 1. The monoisotopic (exact) mass is 360 g/mol. The summed E-state index contributed by atoms with van der Waals surface area (Å²) in [6, 6.07) is 9.47. The summed E-state index contributed by atoms with van der Waals surface area (Å²) in [6.45, 7) is -0.431. The third-order valence-corrected chi connectivity index (χ3v) is 3.63. The van der Waals surface area contributed by atoms with Gasteiger partial charge in [0.1, 0.15) is 11.3 Å². The van der Waals surface area contributed by atoms with Crippen molar-refractivity contribution in [3.8, 4) is 5.75 Å². The Balaban J connectivity index is 1.58. The third-order valence-electron chi connectivity index (χ3n) is 3.34. The summed E-state index contributed by atoms with van der Waals surface area (Å²) >= 11 is 5.98. The van der Waals surface area contributed by atoms with E-state index in [-0.39, 0.29) is 5.56 Å². The average molecular weight is 361 g/mol. The molecule has 0 fully saturated rings. The quantitative estimate of drug-likeness (QED) is 0.702. The zero-order chi connectivity index (χ0) is 17.8. The van der Waals surface area contributed by atoms with E-state index >= 15 is 0 Å². The van der Waals surface area contributed by atoms with Gasteiger partial charge in [-0.3, -0.25) is 4.79 Å². The summed E-state index contributed by atoms with van der Waals surface area (Å²) in [6.07, 6.45) is 1.28. The van der Waals surface area contributed by atoms with Crippen LogP contribution in [0.1, 0.15) is 10.4 Å². The first kappa shape index (κ1) is 16.8. The second-order valence-corrected chi connectivity index (χ2v) is 5.42. The highest BCUT2D eigenvalue weighted by atomic mass is 35.5. The van der Waals surface area contributed by atoms with Gasteiger partial charge in [-0.2, -0.15) is 0 Å². The Labute approximate surface area is 147 Å². The Morgan fingerprint density at radius 1 is 1.24 bits per heavy atom. The molecule has 25 heavy (non-hydrogen) atoms. The van der Waals surface area contributed by atoms with Crippen molar-refractivity contribution in [2.75, 3.05) is 19.0 Å². The maximum absolute atomic E-state index is 12.0. The lowest BCUT2D eigenvalue weighted by atomic mass is 10.2. The van der Waals surface area contributed by atoms with Crippen LogP contribution in [0.5, 0.6) is 5.75 Å². The standard InChI is InChI=1S/C17H13ClN2O5/c1-23-14-5-3-11(7-12(14)18)20-16(21)8-24-17(22)10-2-4-15-13(6-10)19-9-25-15/h2-7,9H,8H2,1H3,(H,20,21). The molecule has 3 rings (SSSR count). The molecule has 0 unspecified atom stereocenters. The van der Waals surface area contributed by atoms with Gasteiger partial charge >= 0.3 is 5.97 Å². The minimum atomic E-state index is -0.632. The van der Waals surface area contributed by atoms with Crippen LogP contribution < -0.4 is 10.1 Å². The summed E-state index contributed by atoms with van der Waals surface area (Å²) in [7, 11) is 1.50. The number of fused-ring (bicyclic) bond motifs is 1. The van der Waals surface area contributed by atoms with Gasteiger partial charge in [0, 0.05) is 5.69 Å². The first-order valence-electron chi connectivity index (χ1n) is 7.20. The van der Waals surface area contributed by atoms with Gasteiger partial charge in [-0.15, -0.1) is 0 Å². The number of methoxy groups -OCH3 is 1. The van der Waals surface area contributed by atoms with Gasteiger partial charge in [-0.05, 0) is 36.4 Å². The van der Waals surface area contributed by atoms with Crippen molar-refractivity contribution in [3.63, 3.8) is 0 Å². The van der Waals surface area contributed by atoms with E-state index in [1.165, 1.54) is 25.6 Å². The number of hydrogen-bond acceptors (Lipinski definition) is 6. The molecule has 1 amide bonds. The molecule has 0 spiro atoms. The molecule has 0 saturated heterocycles. The number of rotatable bonds is 5. The van der Waals surface area contributed by atoms with Gasteiger partial charge < -0.3 is 19.2 Å². The summed E-state index contributed by atoms with van der Waals surface area (Å²) in [5.41, 5.74) is 1.84. The van der Waals surface area contributed by atoms with E-state index in [4.69, 9.17) is 25.5 Å². The van der Waals surface area contributed by atoms with Crippen LogP contribution in [0.25, 0.3) is 11.1 Å². The van der Waals surface area contributed by atoms with Crippen LogP contribution in [-0.4, -0.2) is 30.6 Å². The fourth-order valence-electron chi connectivity index (χ4n) is 2.14. The topological polar surface area (TPSA) is 90.7 Å². The normalized spacial score (nSPS) is 10.5. The number of oxazole rings is 1. The molecular formula is C17H13ClN2O5. The maximum atomic E-state index is 12.0. The van der Waals surface area contributed by atoms with E-state index in [9.17, 15) is 9.59 Å². The van der Waals surface area contributed by atoms with Crippen LogP contribution in [0.4, 0.5) is 5.69 Å². The molecule has 0 saturated carbocycles. The van der Waals surface area contributed by atoms with Crippen molar-refractivity contribution in [2.45, 2.75) is 0 Å². The number of benzene rings is 2. The Morgan fingerprint density at radius 2 is 2.08 bits per heavy atom. The molecule has 2 aromatic carbocycles. The summed E-state index contributed by atoms with van der Waals surface area (Å²) in [5, 5.41) is 2.94. The zero-order valence-electron chi connectivity index (χ0n) is 13.1. The first-order valence-corrected chi connectivity index (χ1v) is 7.58. The molecule has 0 atom stereocenters. The highest BCUT2D eigenvalue weighted by Gasteiger charge is 2.12. The van der Waals surface area contributed by atoms with Gasteiger partial charge in [0.05, 0.1) is 17.7 Å². The van der Waals surface area contributed by atoms with Crippen LogP contribution in [0.2, 0.25) is 5.02 Å². The average Bonchev–Trinajstić information content (AvgIpc) is 3.07. The van der Waals surface area contributed by atoms with Crippen molar-refractivity contribution in [2.24, 2.45) is 0 Å². The molecule has 7 nitrogen and oxygen atoms in total. The molecule has 0 bridgehead atoms.